The van der Waals surface area contributed by atoms with Gasteiger partial charge in [-0.3, -0.25) is 4.55 Å². The van der Waals surface area contributed by atoms with Gasteiger partial charge in [0.15, 0.2) is 0 Å². The van der Waals surface area contributed by atoms with E-state index in [9.17, 15) is 13.2 Å². The number of rotatable bonds is 10. The van der Waals surface area contributed by atoms with Gasteiger partial charge in [-0.15, -0.1) is 0 Å². The van der Waals surface area contributed by atoms with Gasteiger partial charge in [-0.1, -0.05) is 25.7 Å². The summed E-state index contributed by atoms with van der Waals surface area (Å²) in [7, 11) is -3.95. The number of unbranched alkanes of at least 4 members (excludes halogenated alkanes) is 5. The number of carbonyl (C=O) groups excluding carboxylic acids is 1. The van der Waals surface area contributed by atoms with Gasteiger partial charge in [0, 0.05) is 6.42 Å². The second-order valence-electron chi connectivity index (χ2n) is 4.23. The maximum absolute atomic E-state index is 10.7. The number of hydrogen-bond acceptors (Lipinski definition) is 5. The second kappa shape index (κ2) is 9.29. The normalized spacial score (nSPS) is 13.3. The Kier molecular flexibility index (Phi) is 8.95. The van der Waals surface area contributed by atoms with Crippen molar-refractivity contribution in [3.05, 3.63) is 6.42 Å². The lowest BCUT2D eigenvalue weighted by Crippen LogP contribution is -2.16. The van der Waals surface area contributed by atoms with Gasteiger partial charge >= 0.3 is 5.97 Å². The molecule has 0 spiro atoms. The molecule has 0 aromatic rings. The van der Waals surface area contributed by atoms with Crippen LogP contribution in [-0.2, 0) is 19.8 Å². The van der Waals surface area contributed by atoms with Gasteiger partial charge in [0.25, 0.3) is 10.1 Å². The maximum Gasteiger partial charge on any atom is 0.342 e. The highest BCUT2D eigenvalue weighted by Crippen LogP contribution is 2.12. The van der Waals surface area contributed by atoms with Crippen LogP contribution in [0.5, 0.6) is 0 Å². The fourth-order valence-corrected chi connectivity index (χ4v) is 1.84. The first-order chi connectivity index (χ1) is 8.38. The second-order valence-corrected chi connectivity index (χ2v) is 6.00. The highest BCUT2D eigenvalue weighted by Gasteiger charge is 2.16. The number of carbonyl (C=O) groups is 1. The topological polar surface area (TPSA) is 101 Å². The van der Waals surface area contributed by atoms with Crippen LogP contribution in [0.25, 0.3) is 0 Å². The fraction of sp³-hybridized carbons (Fsp3) is 0.818. The van der Waals surface area contributed by atoms with Gasteiger partial charge < -0.3 is 4.89 Å². The summed E-state index contributed by atoms with van der Waals surface area (Å²) < 4.78 is 30.1. The van der Waals surface area contributed by atoms with Gasteiger partial charge in [-0.2, -0.15) is 13.7 Å². The Balaban J connectivity index is 3.34. The average Bonchev–Trinajstić information content (AvgIpc) is 2.30. The van der Waals surface area contributed by atoms with Crippen molar-refractivity contribution < 1.29 is 27.9 Å². The molecule has 0 aliphatic carbocycles. The SMILES string of the molecule is CC([CH]CCCCCCCC(=O)OO)S(=O)(=O)O. The van der Waals surface area contributed by atoms with E-state index in [0.717, 1.165) is 25.7 Å². The highest BCUT2D eigenvalue weighted by atomic mass is 32.2. The van der Waals surface area contributed by atoms with Gasteiger partial charge in [0.05, 0.1) is 5.25 Å². The molecule has 1 unspecified atom stereocenters. The van der Waals surface area contributed by atoms with Crippen LogP contribution in [0.4, 0.5) is 0 Å². The van der Waals surface area contributed by atoms with Crippen LogP contribution in [0, 0.1) is 6.42 Å². The summed E-state index contributed by atoms with van der Waals surface area (Å²) >= 11 is 0. The quantitative estimate of drug-likeness (QED) is 0.275. The van der Waals surface area contributed by atoms with E-state index in [1.54, 1.807) is 6.42 Å². The van der Waals surface area contributed by atoms with Crippen molar-refractivity contribution in [2.75, 3.05) is 0 Å². The molecule has 18 heavy (non-hydrogen) atoms. The molecule has 0 rings (SSSR count). The van der Waals surface area contributed by atoms with E-state index >= 15 is 0 Å². The lowest BCUT2D eigenvalue weighted by Gasteiger charge is -2.06. The minimum Gasteiger partial charge on any atom is -0.301 e. The Morgan fingerprint density at radius 1 is 1.22 bits per heavy atom. The first kappa shape index (κ1) is 17.3. The third kappa shape index (κ3) is 9.38. The van der Waals surface area contributed by atoms with Crippen molar-refractivity contribution in [1.82, 2.24) is 0 Å². The largest absolute Gasteiger partial charge is 0.342 e. The molecule has 1 atom stereocenters. The predicted molar refractivity (Wildman–Crippen MR) is 66.4 cm³/mol. The van der Waals surface area contributed by atoms with Crippen molar-refractivity contribution in [3.8, 4) is 0 Å². The Hall–Kier alpha value is -0.660. The van der Waals surface area contributed by atoms with Crippen molar-refractivity contribution in [2.24, 2.45) is 0 Å². The van der Waals surface area contributed by atoms with Crippen LogP contribution in [-0.4, -0.2) is 29.4 Å². The van der Waals surface area contributed by atoms with Gasteiger partial charge in [0.2, 0.25) is 0 Å². The molecule has 107 valence electrons. The Bertz CT molecular complexity index is 324. The molecule has 0 aliphatic heterocycles. The molecule has 0 heterocycles. The molecule has 2 N–H and O–H groups in total. The molecule has 7 heteroatoms. The molecule has 1 radical (unpaired) electrons. The van der Waals surface area contributed by atoms with Gasteiger partial charge in [0.1, 0.15) is 0 Å². The van der Waals surface area contributed by atoms with Crippen LogP contribution in [0.15, 0.2) is 0 Å². The van der Waals surface area contributed by atoms with E-state index in [0.29, 0.717) is 12.8 Å². The Morgan fingerprint density at radius 3 is 2.33 bits per heavy atom. The third-order valence-electron chi connectivity index (χ3n) is 2.66. The zero-order valence-electron chi connectivity index (χ0n) is 10.5. The van der Waals surface area contributed by atoms with Crippen LogP contribution in [0.2, 0.25) is 0 Å². The lowest BCUT2D eigenvalue weighted by atomic mass is 10.1. The molecule has 0 aromatic carbocycles. The maximum atomic E-state index is 10.7. The van der Waals surface area contributed by atoms with Crippen molar-refractivity contribution in [1.29, 1.82) is 0 Å². The average molecular weight is 281 g/mol. The molecule has 0 saturated carbocycles. The molecule has 0 fully saturated rings. The summed E-state index contributed by atoms with van der Waals surface area (Å²) in [4.78, 5) is 14.1. The predicted octanol–water partition coefficient (Wildman–Crippen LogP) is 2.21. The van der Waals surface area contributed by atoms with E-state index in [2.05, 4.69) is 4.89 Å². The van der Waals surface area contributed by atoms with E-state index in [4.69, 9.17) is 9.81 Å². The molecule has 0 aliphatic rings. The van der Waals surface area contributed by atoms with Crippen molar-refractivity contribution >= 4 is 16.1 Å². The zero-order chi connectivity index (χ0) is 14.0. The minimum atomic E-state index is -3.95. The Labute approximate surface area is 108 Å². The molecular weight excluding hydrogens is 260 g/mol. The highest BCUT2D eigenvalue weighted by molar-refractivity contribution is 7.86. The third-order valence-corrected chi connectivity index (χ3v) is 3.79. The summed E-state index contributed by atoms with van der Waals surface area (Å²) in [6.07, 6.45) is 6.69. The van der Waals surface area contributed by atoms with E-state index in [1.807, 2.05) is 0 Å². The summed E-state index contributed by atoms with van der Waals surface area (Å²) in [5.41, 5.74) is 0. The standard InChI is InChI=1S/C11H21O6S/c1-10(18(14,15)16)8-6-4-2-3-5-7-9-11(12)17-13/h8,10,13H,2-7,9H2,1H3,(H,14,15,16). The van der Waals surface area contributed by atoms with Gasteiger partial charge in [-0.25, -0.2) is 4.79 Å². The Morgan fingerprint density at radius 2 is 1.78 bits per heavy atom. The molecule has 0 aromatic heterocycles. The lowest BCUT2D eigenvalue weighted by molar-refractivity contribution is -0.234. The van der Waals surface area contributed by atoms with Gasteiger partial charge in [-0.05, 0) is 26.2 Å². The van der Waals surface area contributed by atoms with Crippen LogP contribution < -0.4 is 0 Å². The fourth-order valence-electron chi connectivity index (χ4n) is 1.46. The zero-order valence-corrected chi connectivity index (χ0v) is 11.4. The molecule has 0 amide bonds. The summed E-state index contributed by atoms with van der Waals surface area (Å²) in [6, 6.07) is 0. The molecule has 6 nitrogen and oxygen atoms in total. The monoisotopic (exact) mass is 281 g/mol. The first-order valence-corrected chi connectivity index (χ1v) is 7.52. The van der Waals surface area contributed by atoms with E-state index in [-0.39, 0.29) is 6.42 Å². The summed E-state index contributed by atoms with van der Waals surface area (Å²) in [5.74, 6) is -0.620. The van der Waals surface area contributed by atoms with Crippen LogP contribution >= 0.6 is 0 Å². The van der Waals surface area contributed by atoms with Crippen LogP contribution in [0.3, 0.4) is 0 Å². The summed E-state index contributed by atoms with van der Waals surface area (Å²) in [5, 5.41) is 7.18. The molecule has 0 bridgehead atoms. The van der Waals surface area contributed by atoms with Crippen molar-refractivity contribution in [2.45, 2.75) is 57.1 Å². The molecule has 0 saturated heterocycles. The molecular formula is C11H21O6S. The first-order valence-electron chi connectivity index (χ1n) is 6.01. The van der Waals surface area contributed by atoms with Crippen LogP contribution in [0.1, 0.15) is 51.9 Å². The summed E-state index contributed by atoms with van der Waals surface area (Å²) in [6.45, 7) is 1.44. The minimum absolute atomic E-state index is 0.211. The van der Waals surface area contributed by atoms with E-state index in [1.165, 1.54) is 6.92 Å². The van der Waals surface area contributed by atoms with E-state index < -0.39 is 21.3 Å². The number of hydrogen-bond donors (Lipinski definition) is 2. The van der Waals surface area contributed by atoms with Crippen molar-refractivity contribution in [3.63, 3.8) is 0 Å². The smallest absolute Gasteiger partial charge is 0.301 e.